The van der Waals surface area contributed by atoms with Gasteiger partial charge in [-0.05, 0) is 45.2 Å². The summed E-state index contributed by atoms with van der Waals surface area (Å²) in [6.45, 7) is 5.25. The van der Waals surface area contributed by atoms with Crippen LogP contribution in [0, 0.1) is 12.8 Å². The molecule has 1 fully saturated rings. The van der Waals surface area contributed by atoms with E-state index in [0.29, 0.717) is 5.88 Å². The van der Waals surface area contributed by atoms with Gasteiger partial charge in [0.05, 0.1) is 12.7 Å². The molecule has 2 N–H and O–H groups in total. The summed E-state index contributed by atoms with van der Waals surface area (Å²) in [7, 11) is 1.63. The predicted molar refractivity (Wildman–Crippen MR) is 72.0 cm³/mol. The molecule has 100 valence electrons. The Labute approximate surface area is 108 Å². The SMILES string of the molecule is COc1ncnc(NCCC2CCCNC2)c1C. The minimum Gasteiger partial charge on any atom is -0.481 e. The molecule has 1 aromatic heterocycles. The Morgan fingerprint density at radius 3 is 3.11 bits per heavy atom. The molecule has 0 aromatic carbocycles. The lowest BCUT2D eigenvalue weighted by atomic mass is 9.96. The average molecular weight is 250 g/mol. The standard InChI is InChI=1S/C13H22N4O/c1-10-12(16-9-17-13(10)18-2)15-7-5-11-4-3-6-14-8-11/h9,11,14H,3-8H2,1-2H3,(H,15,16,17). The maximum absolute atomic E-state index is 5.18. The van der Waals surface area contributed by atoms with Crippen LogP contribution >= 0.6 is 0 Å². The number of piperidine rings is 1. The van der Waals surface area contributed by atoms with Gasteiger partial charge in [0.15, 0.2) is 0 Å². The summed E-state index contributed by atoms with van der Waals surface area (Å²) in [4.78, 5) is 8.32. The second kappa shape index (κ2) is 6.54. The fourth-order valence-corrected chi connectivity index (χ4v) is 2.38. The highest BCUT2D eigenvalue weighted by molar-refractivity contribution is 5.47. The summed E-state index contributed by atoms with van der Waals surface area (Å²) < 4.78 is 5.18. The van der Waals surface area contributed by atoms with Gasteiger partial charge in [0.1, 0.15) is 12.1 Å². The largest absolute Gasteiger partial charge is 0.481 e. The minimum absolute atomic E-state index is 0.645. The monoisotopic (exact) mass is 250 g/mol. The first-order valence-electron chi connectivity index (χ1n) is 6.61. The van der Waals surface area contributed by atoms with Crippen molar-refractivity contribution in [3.63, 3.8) is 0 Å². The van der Waals surface area contributed by atoms with Crippen LogP contribution in [0.4, 0.5) is 5.82 Å². The van der Waals surface area contributed by atoms with Crippen molar-refractivity contribution in [2.24, 2.45) is 5.92 Å². The first-order chi connectivity index (χ1) is 8.81. The predicted octanol–water partition coefficient (Wildman–Crippen LogP) is 1.60. The summed E-state index contributed by atoms with van der Waals surface area (Å²) in [6, 6.07) is 0. The quantitative estimate of drug-likeness (QED) is 0.831. The van der Waals surface area contributed by atoms with Crippen LogP contribution in [0.1, 0.15) is 24.8 Å². The van der Waals surface area contributed by atoms with Gasteiger partial charge in [0.2, 0.25) is 5.88 Å². The van der Waals surface area contributed by atoms with E-state index in [-0.39, 0.29) is 0 Å². The summed E-state index contributed by atoms with van der Waals surface area (Å²) in [6.07, 6.45) is 5.35. The molecule has 5 heteroatoms. The molecule has 18 heavy (non-hydrogen) atoms. The first kappa shape index (κ1) is 13.1. The number of ether oxygens (including phenoxy) is 1. The molecule has 1 aliphatic rings. The zero-order valence-corrected chi connectivity index (χ0v) is 11.2. The van der Waals surface area contributed by atoms with Crippen LogP contribution in [-0.2, 0) is 0 Å². The number of hydrogen-bond acceptors (Lipinski definition) is 5. The molecule has 0 spiro atoms. The first-order valence-corrected chi connectivity index (χ1v) is 6.61. The zero-order valence-electron chi connectivity index (χ0n) is 11.2. The fraction of sp³-hybridized carbons (Fsp3) is 0.692. The third-order valence-corrected chi connectivity index (χ3v) is 3.48. The van der Waals surface area contributed by atoms with Gasteiger partial charge in [-0.15, -0.1) is 0 Å². The van der Waals surface area contributed by atoms with Crippen LogP contribution in [0.2, 0.25) is 0 Å². The van der Waals surface area contributed by atoms with Crippen molar-refractivity contribution >= 4 is 5.82 Å². The molecule has 2 rings (SSSR count). The van der Waals surface area contributed by atoms with Crippen molar-refractivity contribution in [1.82, 2.24) is 15.3 Å². The van der Waals surface area contributed by atoms with E-state index in [4.69, 9.17) is 4.74 Å². The van der Waals surface area contributed by atoms with E-state index >= 15 is 0 Å². The Morgan fingerprint density at radius 2 is 2.39 bits per heavy atom. The number of anilines is 1. The highest BCUT2D eigenvalue weighted by atomic mass is 16.5. The number of hydrogen-bond donors (Lipinski definition) is 2. The Kier molecular flexibility index (Phi) is 4.75. The van der Waals surface area contributed by atoms with Crippen molar-refractivity contribution in [2.45, 2.75) is 26.2 Å². The number of rotatable bonds is 5. The summed E-state index contributed by atoms with van der Waals surface area (Å²) >= 11 is 0. The highest BCUT2D eigenvalue weighted by Crippen LogP contribution is 2.20. The van der Waals surface area contributed by atoms with Crippen LogP contribution in [0.15, 0.2) is 6.33 Å². The van der Waals surface area contributed by atoms with Gasteiger partial charge in [-0.2, -0.15) is 0 Å². The normalized spacial score (nSPS) is 19.6. The average Bonchev–Trinajstić information content (AvgIpc) is 2.42. The second-order valence-corrected chi connectivity index (χ2v) is 4.78. The number of nitrogens with one attached hydrogen (secondary N) is 2. The molecule has 1 aromatic rings. The van der Waals surface area contributed by atoms with Crippen molar-refractivity contribution < 1.29 is 4.74 Å². The zero-order chi connectivity index (χ0) is 12.8. The Bertz CT molecular complexity index is 377. The molecule has 1 atom stereocenters. The molecule has 1 aliphatic heterocycles. The van der Waals surface area contributed by atoms with Crippen molar-refractivity contribution in [1.29, 1.82) is 0 Å². The Balaban J connectivity index is 1.82. The van der Waals surface area contributed by atoms with E-state index in [9.17, 15) is 0 Å². The van der Waals surface area contributed by atoms with Crippen LogP contribution in [0.3, 0.4) is 0 Å². The minimum atomic E-state index is 0.645. The molecule has 0 saturated carbocycles. The van der Waals surface area contributed by atoms with Crippen LogP contribution in [0.25, 0.3) is 0 Å². The molecular weight excluding hydrogens is 228 g/mol. The Morgan fingerprint density at radius 1 is 1.50 bits per heavy atom. The van der Waals surface area contributed by atoms with E-state index in [1.165, 1.54) is 32.1 Å². The van der Waals surface area contributed by atoms with Gasteiger partial charge in [-0.1, -0.05) is 0 Å². The smallest absolute Gasteiger partial charge is 0.221 e. The molecule has 0 bridgehead atoms. The van der Waals surface area contributed by atoms with Gasteiger partial charge in [0.25, 0.3) is 0 Å². The molecule has 5 nitrogen and oxygen atoms in total. The van der Waals surface area contributed by atoms with Gasteiger partial charge >= 0.3 is 0 Å². The number of methoxy groups -OCH3 is 1. The van der Waals surface area contributed by atoms with Crippen LogP contribution < -0.4 is 15.4 Å². The van der Waals surface area contributed by atoms with Crippen LogP contribution in [-0.4, -0.2) is 36.7 Å². The van der Waals surface area contributed by atoms with E-state index in [1.54, 1.807) is 7.11 Å². The molecule has 0 aliphatic carbocycles. The van der Waals surface area contributed by atoms with Crippen molar-refractivity contribution in [2.75, 3.05) is 32.1 Å². The lowest BCUT2D eigenvalue weighted by molar-refractivity contribution is 0.364. The molecular formula is C13H22N4O. The van der Waals surface area contributed by atoms with Crippen molar-refractivity contribution in [3.8, 4) is 5.88 Å². The fourth-order valence-electron chi connectivity index (χ4n) is 2.38. The molecule has 2 heterocycles. The number of aromatic nitrogens is 2. The van der Waals surface area contributed by atoms with Crippen LogP contribution in [0.5, 0.6) is 5.88 Å². The topological polar surface area (TPSA) is 59.1 Å². The molecule has 0 amide bonds. The number of nitrogens with zero attached hydrogens (tertiary/aromatic N) is 2. The van der Waals surface area contributed by atoms with E-state index in [1.807, 2.05) is 6.92 Å². The van der Waals surface area contributed by atoms with Gasteiger partial charge in [0, 0.05) is 6.54 Å². The lowest BCUT2D eigenvalue weighted by Crippen LogP contribution is -2.30. The third kappa shape index (κ3) is 3.32. The van der Waals surface area contributed by atoms with E-state index < -0.39 is 0 Å². The molecule has 1 unspecified atom stereocenters. The maximum atomic E-state index is 5.18. The second-order valence-electron chi connectivity index (χ2n) is 4.78. The van der Waals surface area contributed by atoms with Gasteiger partial charge in [-0.3, -0.25) is 0 Å². The molecule has 1 saturated heterocycles. The maximum Gasteiger partial charge on any atom is 0.221 e. The summed E-state index contributed by atoms with van der Waals surface area (Å²) in [5.41, 5.74) is 0.974. The Hall–Kier alpha value is -1.36. The van der Waals surface area contributed by atoms with E-state index in [0.717, 1.165) is 30.4 Å². The van der Waals surface area contributed by atoms with E-state index in [2.05, 4.69) is 20.6 Å². The van der Waals surface area contributed by atoms with Gasteiger partial charge in [-0.25, -0.2) is 9.97 Å². The lowest BCUT2D eigenvalue weighted by Gasteiger charge is -2.22. The third-order valence-electron chi connectivity index (χ3n) is 3.48. The van der Waals surface area contributed by atoms with Crippen molar-refractivity contribution in [3.05, 3.63) is 11.9 Å². The summed E-state index contributed by atoms with van der Waals surface area (Å²) in [5.74, 6) is 2.31. The van der Waals surface area contributed by atoms with Gasteiger partial charge < -0.3 is 15.4 Å². The summed E-state index contributed by atoms with van der Waals surface area (Å²) in [5, 5.41) is 6.82. The molecule has 0 radical (unpaired) electrons. The highest BCUT2D eigenvalue weighted by Gasteiger charge is 2.13.